The first-order valence-electron chi connectivity index (χ1n) is 8.03. The molecule has 0 radical (unpaired) electrons. The Morgan fingerprint density at radius 3 is 2.52 bits per heavy atom. The molecule has 2 rings (SSSR count). The minimum Gasteiger partial charge on any atom is -0.490 e. The summed E-state index contributed by atoms with van der Waals surface area (Å²) in [4.78, 5) is 0. The molecule has 1 aromatic rings. The van der Waals surface area contributed by atoms with E-state index in [2.05, 4.69) is 5.32 Å². The second-order valence-corrected chi connectivity index (χ2v) is 5.35. The van der Waals surface area contributed by atoms with Crippen LogP contribution in [0.25, 0.3) is 0 Å². The number of para-hydroxylation sites is 2. The lowest BCUT2D eigenvalue weighted by atomic mass is 10.3. The van der Waals surface area contributed by atoms with Gasteiger partial charge in [0.2, 0.25) is 0 Å². The van der Waals surface area contributed by atoms with E-state index in [1.54, 1.807) is 0 Å². The molecule has 1 saturated carbocycles. The number of benzene rings is 1. The smallest absolute Gasteiger partial charge is 0.161 e. The van der Waals surface area contributed by atoms with Crippen molar-refractivity contribution in [3.05, 3.63) is 24.3 Å². The Labute approximate surface area is 127 Å². The maximum Gasteiger partial charge on any atom is 0.161 e. The largest absolute Gasteiger partial charge is 0.490 e. The molecule has 118 valence electrons. The van der Waals surface area contributed by atoms with Crippen LogP contribution in [0, 0.1) is 5.92 Å². The van der Waals surface area contributed by atoms with Crippen molar-refractivity contribution < 1.29 is 14.2 Å². The molecule has 0 spiro atoms. The maximum atomic E-state index is 5.74. The molecule has 0 amide bonds. The van der Waals surface area contributed by atoms with E-state index in [4.69, 9.17) is 14.2 Å². The molecule has 0 bridgehead atoms. The molecule has 0 saturated heterocycles. The summed E-state index contributed by atoms with van der Waals surface area (Å²) in [6.45, 7) is 6.90. The van der Waals surface area contributed by atoms with E-state index in [1.807, 2.05) is 31.2 Å². The van der Waals surface area contributed by atoms with Crippen LogP contribution < -0.4 is 14.8 Å². The van der Waals surface area contributed by atoms with Gasteiger partial charge in [-0.2, -0.15) is 0 Å². The predicted molar refractivity (Wildman–Crippen MR) is 84.1 cm³/mol. The van der Waals surface area contributed by atoms with Gasteiger partial charge in [0.1, 0.15) is 6.61 Å². The predicted octanol–water partition coefficient (Wildman–Crippen LogP) is 2.87. The molecule has 1 aliphatic rings. The van der Waals surface area contributed by atoms with E-state index < -0.39 is 0 Å². The molecule has 1 N–H and O–H groups in total. The molecule has 0 atom stereocenters. The highest BCUT2D eigenvalue weighted by atomic mass is 16.5. The zero-order valence-corrected chi connectivity index (χ0v) is 13.0. The normalized spacial score (nSPS) is 14.1. The summed E-state index contributed by atoms with van der Waals surface area (Å²) in [5.41, 5.74) is 0. The molecule has 0 aromatic heterocycles. The van der Waals surface area contributed by atoms with Crippen molar-refractivity contribution in [2.75, 3.05) is 39.5 Å². The number of ether oxygens (including phenoxy) is 3. The Bertz CT molecular complexity index is 393. The van der Waals surface area contributed by atoms with Gasteiger partial charge in [-0.05, 0) is 50.8 Å². The molecule has 1 aliphatic carbocycles. The lowest BCUT2D eigenvalue weighted by Crippen LogP contribution is -2.23. The number of nitrogens with one attached hydrogen (secondary N) is 1. The van der Waals surface area contributed by atoms with E-state index in [9.17, 15) is 0 Å². The average Bonchev–Trinajstić information content (AvgIpc) is 3.31. The first-order valence-corrected chi connectivity index (χ1v) is 8.03. The lowest BCUT2D eigenvalue weighted by Gasteiger charge is -2.12. The van der Waals surface area contributed by atoms with E-state index >= 15 is 0 Å². The number of rotatable bonds is 12. The third kappa shape index (κ3) is 6.82. The SMILES string of the molecule is CCOc1ccccc1OCCNCCCOCC1CC1. The zero-order valence-electron chi connectivity index (χ0n) is 13.0. The van der Waals surface area contributed by atoms with Crippen molar-refractivity contribution in [2.45, 2.75) is 26.2 Å². The monoisotopic (exact) mass is 293 g/mol. The van der Waals surface area contributed by atoms with Crippen molar-refractivity contribution in [3.8, 4) is 11.5 Å². The highest BCUT2D eigenvalue weighted by molar-refractivity contribution is 5.39. The zero-order chi connectivity index (χ0) is 14.8. The summed E-state index contributed by atoms with van der Waals surface area (Å²) in [7, 11) is 0. The molecular formula is C17H27NO3. The van der Waals surface area contributed by atoms with Crippen LogP contribution >= 0.6 is 0 Å². The Morgan fingerprint density at radius 1 is 1.05 bits per heavy atom. The van der Waals surface area contributed by atoms with Crippen molar-refractivity contribution in [3.63, 3.8) is 0 Å². The van der Waals surface area contributed by atoms with Crippen molar-refractivity contribution >= 4 is 0 Å². The van der Waals surface area contributed by atoms with E-state index in [0.717, 1.165) is 50.1 Å². The molecule has 0 aliphatic heterocycles. The van der Waals surface area contributed by atoms with Crippen molar-refractivity contribution in [1.82, 2.24) is 5.32 Å². The standard InChI is InChI=1S/C17H27NO3/c1-2-20-16-6-3-4-7-17(16)21-13-11-18-10-5-12-19-14-15-8-9-15/h3-4,6-7,15,18H,2,5,8-14H2,1H3. The summed E-state index contributed by atoms with van der Waals surface area (Å²) in [5.74, 6) is 2.49. The van der Waals surface area contributed by atoms with Gasteiger partial charge in [-0.25, -0.2) is 0 Å². The summed E-state index contributed by atoms with van der Waals surface area (Å²) < 4.78 is 16.8. The molecular weight excluding hydrogens is 266 g/mol. The molecule has 4 heteroatoms. The second-order valence-electron chi connectivity index (χ2n) is 5.35. The second kappa shape index (κ2) is 9.64. The summed E-state index contributed by atoms with van der Waals surface area (Å²) in [5, 5.41) is 3.37. The van der Waals surface area contributed by atoms with Gasteiger partial charge < -0.3 is 19.5 Å². The van der Waals surface area contributed by atoms with Gasteiger partial charge in [-0.1, -0.05) is 12.1 Å². The highest BCUT2D eigenvalue weighted by Gasteiger charge is 2.20. The quantitative estimate of drug-likeness (QED) is 0.602. The summed E-state index contributed by atoms with van der Waals surface area (Å²) in [6, 6.07) is 7.79. The minimum absolute atomic E-state index is 0.646. The summed E-state index contributed by atoms with van der Waals surface area (Å²) in [6.07, 6.45) is 3.78. The van der Waals surface area contributed by atoms with Gasteiger partial charge in [0.25, 0.3) is 0 Å². The molecule has 0 heterocycles. The Balaban J connectivity index is 1.47. The maximum absolute atomic E-state index is 5.74. The van der Waals surface area contributed by atoms with Crippen LogP contribution in [0.5, 0.6) is 11.5 Å². The highest BCUT2D eigenvalue weighted by Crippen LogP contribution is 2.28. The molecule has 1 aromatic carbocycles. The van der Waals surface area contributed by atoms with Crippen molar-refractivity contribution in [1.29, 1.82) is 0 Å². The van der Waals surface area contributed by atoms with Crippen LogP contribution in [-0.4, -0.2) is 39.5 Å². The van der Waals surface area contributed by atoms with Crippen LogP contribution in [0.2, 0.25) is 0 Å². The van der Waals surface area contributed by atoms with Gasteiger partial charge in [-0.15, -0.1) is 0 Å². The Morgan fingerprint density at radius 2 is 1.81 bits per heavy atom. The van der Waals surface area contributed by atoms with Crippen LogP contribution in [0.1, 0.15) is 26.2 Å². The number of hydrogen-bond acceptors (Lipinski definition) is 4. The van der Waals surface area contributed by atoms with Crippen LogP contribution in [0.4, 0.5) is 0 Å². The van der Waals surface area contributed by atoms with Gasteiger partial charge in [0, 0.05) is 19.8 Å². The third-order valence-corrected chi connectivity index (χ3v) is 3.38. The number of hydrogen-bond donors (Lipinski definition) is 1. The first-order chi connectivity index (χ1) is 10.4. The van der Waals surface area contributed by atoms with E-state index in [-0.39, 0.29) is 0 Å². The first kappa shape index (κ1) is 16.1. The fourth-order valence-corrected chi connectivity index (χ4v) is 2.04. The Hall–Kier alpha value is -1.26. The van der Waals surface area contributed by atoms with Gasteiger partial charge >= 0.3 is 0 Å². The summed E-state index contributed by atoms with van der Waals surface area (Å²) >= 11 is 0. The van der Waals surface area contributed by atoms with Gasteiger partial charge in [0.05, 0.1) is 6.61 Å². The van der Waals surface area contributed by atoms with Crippen LogP contribution in [0.15, 0.2) is 24.3 Å². The van der Waals surface area contributed by atoms with Crippen LogP contribution in [0.3, 0.4) is 0 Å². The van der Waals surface area contributed by atoms with Gasteiger partial charge in [0.15, 0.2) is 11.5 Å². The molecule has 4 nitrogen and oxygen atoms in total. The average molecular weight is 293 g/mol. The Kier molecular flexibility index (Phi) is 7.39. The van der Waals surface area contributed by atoms with E-state index in [1.165, 1.54) is 12.8 Å². The fourth-order valence-electron chi connectivity index (χ4n) is 2.04. The van der Waals surface area contributed by atoms with Crippen molar-refractivity contribution in [2.24, 2.45) is 5.92 Å². The molecule has 1 fully saturated rings. The molecule has 21 heavy (non-hydrogen) atoms. The van der Waals surface area contributed by atoms with Crippen LogP contribution in [-0.2, 0) is 4.74 Å². The minimum atomic E-state index is 0.646. The fraction of sp³-hybridized carbons (Fsp3) is 0.647. The lowest BCUT2D eigenvalue weighted by molar-refractivity contribution is 0.122. The topological polar surface area (TPSA) is 39.7 Å². The van der Waals surface area contributed by atoms with E-state index in [0.29, 0.717) is 13.2 Å². The third-order valence-electron chi connectivity index (χ3n) is 3.38. The van der Waals surface area contributed by atoms with Gasteiger partial charge in [-0.3, -0.25) is 0 Å². The molecule has 0 unspecified atom stereocenters.